The molecular formula is C16H21ClN2O2. The van der Waals surface area contributed by atoms with E-state index in [1.807, 2.05) is 18.2 Å². The summed E-state index contributed by atoms with van der Waals surface area (Å²) in [6.45, 7) is 0.614. The Balaban J connectivity index is 1.63. The summed E-state index contributed by atoms with van der Waals surface area (Å²) in [5.74, 6) is 0.814. The summed E-state index contributed by atoms with van der Waals surface area (Å²) in [4.78, 5) is 12.2. The minimum atomic E-state index is -0.0836. The molecule has 1 fully saturated rings. The third-order valence-corrected chi connectivity index (χ3v) is 4.49. The highest BCUT2D eigenvalue weighted by atomic mass is 35.5. The zero-order valence-electron chi connectivity index (χ0n) is 12.0. The van der Waals surface area contributed by atoms with Gasteiger partial charge in [0, 0.05) is 23.0 Å². The molecule has 3 rings (SSSR count). The predicted molar refractivity (Wildman–Crippen MR) is 82.8 cm³/mol. The largest absolute Gasteiger partial charge is 0.493 e. The first-order valence-electron chi connectivity index (χ1n) is 7.71. The van der Waals surface area contributed by atoms with Crippen molar-refractivity contribution >= 4 is 17.6 Å². The summed E-state index contributed by atoms with van der Waals surface area (Å²) < 4.78 is 5.61. The van der Waals surface area contributed by atoms with E-state index in [1.54, 1.807) is 0 Å². The first kappa shape index (κ1) is 14.5. The highest BCUT2D eigenvalue weighted by molar-refractivity contribution is 6.30. The minimum absolute atomic E-state index is 0.0314. The van der Waals surface area contributed by atoms with Crippen molar-refractivity contribution < 1.29 is 9.53 Å². The van der Waals surface area contributed by atoms with Gasteiger partial charge in [-0.2, -0.15) is 0 Å². The third kappa shape index (κ3) is 3.62. The summed E-state index contributed by atoms with van der Waals surface area (Å²) in [5.41, 5.74) is 0.965. The average molecular weight is 309 g/mol. The van der Waals surface area contributed by atoms with Crippen LogP contribution in [0.5, 0.6) is 5.75 Å². The van der Waals surface area contributed by atoms with E-state index >= 15 is 0 Å². The molecule has 0 radical (unpaired) electrons. The van der Waals surface area contributed by atoms with Gasteiger partial charge in [-0.25, -0.2) is 4.79 Å². The first-order chi connectivity index (χ1) is 10.2. The van der Waals surface area contributed by atoms with Gasteiger partial charge in [0.1, 0.15) is 5.75 Å². The van der Waals surface area contributed by atoms with Crippen LogP contribution in [0.15, 0.2) is 18.2 Å². The number of carbonyl (C=O) groups is 1. The number of ether oxygens (including phenoxy) is 1. The fourth-order valence-corrected chi connectivity index (χ4v) is 3.33. The predicted octanol–water partition coefficient (Wildman–Crippen LogP) is 3.80. The summed E-state index contributed by atoms with van der Waals surface area (Å²) in [5, 5.41) is 6.81. The van der Waals surface area contributed by atoms with Crippen molar-refractivity contribution in [3.63, 3.8) is 0 Å². The number of urea groups is 1. The molecule has 0 aromatic heterocycles. The van der Waals surface area contributed by atoms with E-state index in [2.05, 4.69) is 10.6 Å². The molecule has 1 aromatic rings. The van der Waals surface area contributed by atoms with Gasteiger partial charge in [0.05, 0.1) is 12.6 Å². The van der Waals surface area contributed by atoms with Gasteiger partial charge >= 0.3 is 6.03 Å². The standard InChI is InChI=1S/C16H21ClN2O2/c17-11-6-7-15-13(10-11)14(8-9-21-15)19-16(20)18-12-4-2-1-3-5-12/h6-7,10,12,14H,1-5,8-9H2,(H2,18,19,20). The number of hydrogen-bond acceptors (Lipinski definition) is 2. The van der Waals surface area contributed by atoms with E-state index in [4.69, 9.17) is 16.3 Å². The van der Waals surface area contributed by atoms with Crippen LogP contribution in [0.1, 0.15) is 50.1 Å². The first-order valence-corrected chi connectivity index (χ1v) is 8.09. The van der Waals surface area contributed by atoms with E-state index < -0.39 is 0 Å². The molecule has 0 saturated heterocycles. The van der Waals surface area contributed by atoms with Gasteiger partial charge in [0.2, 0.25) is 0 Å². The van der Waals surface area contributed by atoms with Crippen LogP contribution in [0.25, 0.3) is 0 Å². The van der Waals surface area contributed by atoms with E-state index in [9.17, 15) is 4.79 Å². The molecule has 1 aliphatic carbocycles. The molecule has 1 aliphatic heterocycles. The Morgan fingerprint density at radius 1 is 1.14 bits per heavy atom. The monoisotopic (exact) mass is 308 g/mol. The molecule has 0 spiro atoms. The molecule has 4 nitrogen and oxygen atoms in total. The summed E-state index contributed by atoms with van der Waals surface area (Å²) in [6, 6.07) is 5.75. The number of nitrogens with one attached hydrogen (secondary N) is 2. The van der Waals surface area contributed by atoms with Crippen molar-refractivity contribution in [2.24, 2.45) is 0 Å². The maximum Gasteiger partial charge on any atom is 0.315 e. The van der Waals surface area contributed by atoms with E-state index in [1.165, 1.54) is 19.3 Å². The van der Waals surface area contributed by atoms with Crippen LogP contribution < -0.4 is 15.4 Å². The van der Waals surface area contributed by atoms with Crippen molar-refractivity contribution in [1.82, 2.24) is 10.6 Å². The van der Waals surface area contributed by atoms with E-state index in [-0.39, 0.29) is 12.1 Å². The number of fused-ring (bicyclic) bond motifs is 1. The molecule has 1 saturated carbocycles. The second kappa shape index (κ2) is 6.56. The average Bonchev–Trinajstić information content (AvgIpc) is 2.49. The Kier molecular flexibility index (Phi) is 4.54. The van der Waals surface area contributed by atoms with Crippen LogP contribution in [-0.2, 0) is 0 Å². The molecule has 5 heteroatoms. The van der Waals surface area contributed by atoms with Crippen LogP contribution in [0, 0.1) is 0 Å². The molecule has 1 atom stereocenters. The second-order valence-electron chi connectivity index (χ2n) is 5.82. The van der Waals surface area contributed by atoms with Crippen molar-refractivity contribution in [2.75, 3.05) is 6.61 Å². The van der Waals surface area contributed by atoms with Gasteiger partial charge in [0.25, 0.3) is 0 Å². The number of hydrogen-bond donors (Lipinski definition) is 2. The van der Waals surface area contributed by atoms with Gasteiger partial charge in [-0.15, -0.1) is 0 Å². The Morgan fingerprint density at radius 3 is 2.76 bits per heavy atom. The molecule has 2 aliphatic rings. The Bertz CT molecular complexity index is 515. The fourth-order valence-electron chi connectivity index (χ4n) is 3.15. The molecule has 0 bridgehead atoms. The maximum absolute atomic E-state index is 12.2. The van der Waals surface area contributed by atoms with Crippen molar-refractivity contribution in [2.45, 2.75) is 50.6 Å². The molecule has 1 aromatic carbocycles. The quantitative estimate of drug-likeness (QED) is 0.873. The Hall–Kier alpha value is -1.42. The van der Waals surface area contributed by atoms with Crippen LogP contribution in [-0.4, -0.2) is 18.7 Å². The van der Waals surface area contributed by atoms with Crippen LogP contribution in [0.3, 0.4) is 0 Å². The van der Waals surface area contributed by atoms with Gasteiger partial charge in [-0.05, 0) is 31.0 Å². The lowest BCUT2D eigenvalue weighted by Gasteiger charge is -2.28. The lowest BCUT2D eigenvalue weighted by atomic mass is 9.95. The highest BCUT2D eigenvalue weighted by Crippen LogP contribution is 2.33. The molecular weight excluding hydrogens is 288 g/mol. The molecule has 2 amide bonds. The van der Waals surface area contributed by atoms with Crippen molar-refractivity contribution in [3.05, 3.63) is 28.8 Å². The Labute approximate surface area is 130 Å². The summed E-state index contributed by atoms with van der Waals surface area (Å²) in [7, 11) is 0. The number of carbonyl (C=O) groups excluding carboxylic acids is 1. The lowest BCUT2D eigenvalue weighted by Crippen LogP contribution is -2.45. The SMILES string of the molecule is O=C(NC1CCCCC1)NC1CCOc2ccc(Cl)cc21. The summed E-state index contributed by atoms with van der Waals surface area (Å²) in [6.07, 6.45) is 6.64. The van der Waals surface area contributed by atoms with Crippen LogP contribution in [0.4, 0.5) is 4.79 Å². The van der Waals surface area contributed by atoms with Crippen LogP contribution >= 0.6 is 11.6 Å². The van der Waals surface area contributed by atoms with Crippen molar-refractivity contribution in [3.8, 4) is 5.75 Å². The smallest absolute Gasteiger partial charge is 0.315 e. The van der Waals surface area contributed by atoms with Gasteiger partial charge in [0.15, 0.2) is 0 Å². The molecule has 1 heterocycles. The summed E-state index contributed by atoms with van der Waals surface area (Å²) >= 11 is 6.05. The topological polar surface area (TPSA) is 50.4 Å². The van der Waals surface area contributed by atoms with Crippen molar-refractivity contribution in [1.29, 1.82) is 0 Å². The van der Waals surface area contributed by atoms with Crippen LogP contribution in [0.2, 0.25) is 5.02 Å². The number of benzene rings is 1. The Morgan fingerprint density at radius 2 is 1.95 bits per heavy atom. The van der Waals surface area contributed by atoms with E-state index in [0.29, 0.717) is 17.7 Å². The van der Waals surface area contributed by atoms with Gasteiger partial charge in [-0.3, -0.25) is 0 Å². The molecule has 114 valence electrons. The molecule has 21 heavy (non-hydrogen) atoms. The van der Waals surface area contributed by atoms with Gasteiger partial charge < -0.3 is 15.4 Å². The highest BCUT2D eigenvalue weighted by Gasteiger charge is 2.24. The third-order valence-electron chi connectivity index (χ3n) is 4.26. The minimum Gasteiger partial charge on any atom is -0.493 e. The fraction of sp³-hybridized carbons (Fsp3) is 0.562. The number of rotatable bonds is 2. The van der Waals surface area contributed by atoms with Gasteiger partial charge in [-0.1, -0.05) is 30.9 Å². The maximum atomic E-state index is 12.2. The number of halogens is 1. The zero-order valence-corrected chi connectivity index (χ0v) is 12.8. The molecule has 1 unspecified atom stereocenters. The lowest BCUT2D eigenvalue weighted by molar-refractivity contribution is 0.217. The molecule has 2 N–H and O–H groups in total. The zero-order chi connectivity index (χ0) is 14.7. The second-order valence-corrected chi connectivity index (χ2v) is 6.26. The van der Waals surface area contributed by atoms with E-state index in [0.717, 1.165) is 30.6 Å². The normalized spacial score (nSPS) is 22.0. The number of amides is 2.